The molecule has 4 rings (SSSR count). The van der Waals surface area contributed by atoms with Crippen molar-refractivity contribution in [1.29, 1.82) is 0 Å². The van der Waals surface area contributed by atoms with Crippen LogP contribution in [0.4, 0.5) is 5.69 Å². The number of halogens is 1. The lowest BCUT2D eigenvalue weighted by molar-refractivity contribution is -0.116. The molecular formula is C18H20BrN3O3. The van der Waals surface area contributed by atoms with Crippen LogP contribution in [0.2, 0.25) is 0 Å². The SMILES string of the molecule is O=C(CC[C@@H]1CCCO1)Nc1ccc(Br)cc1-c1nc(C2CC2)no1. The number of aromatic nitrogens is 2. The highest BCUT2D eigenvalue weighted by Crippen LogP contribution is 2.39. The van der Waals surface area contributed by atoms with Gasteiger partial charge < -0.3 is 14.6 Å². The van der Waals surface area contributed by atoms with E-state index in [1.54, 1.807) is 0 Å². The van der Waals surface area contributed by atoms with E-state index in [0.29, 0.717) is 23.9 Å². The predicted octanol–water partition coefficient (Wildman–Crippen LogP) is 4.27. The van der Waals surface area contributed by atoms with Crippen molar-refractivity contribution >= 4 is 27.5 Å². The molecule has 2 aromatic rings. The molecule has 132 valence electrons. The van der Waals surface area contributed by atoms with E-state index in [1.807, 2.05) is 18.2 Å². The fourth-order valence-corrected chi connectivity index (χ4v) is 3.39. The number of rotatable bonds is 6. The number of hydrogen-bond acceptors (Lipinski definition) is 5. The van der Waals surface area contributed by atoms with Crippen molar-refractivity contribution in [2.45, 2.75) is 50.5 Å². The molecule has 1 amide bonds. The quantitative estimate of drug-likeness (QED) is 0.775. The van der Waals surface area contributed by atoms with Crippen LogP contribution in [0.1, 0.15) is 50.3 Å². The molecule has 1 saturated heterocycles. The van der Waals surface area contributed by atoms with Crippen LogP contribution in [0.15, 0.2) is 27.2 Å². The number of carbonyl (C=O) groups excluding carboxylic acids is 1. The zero-order valence-corrected chi connectivity index (χ0v) is 15.4. The molecular weight excluding hydrogens is 386 g/mol. The van der Waals surface area contributed by atoms with Crippen molar-refractivity contribution in [2.24, 2.45) is 0 Å². The van der Waals surface area contributed by atoms with Gasteiger partial charge in [0.1, 0.15) is 0 Å². The maximum absolute atomic E-state index is 12.3. The Morgan fingerprint density at radius 2 is 2.20 bits per heavy atom. The topological polar surface area (TPSA) is 77.2 Å². The Kier molecular flexibility index (Phi) is 4.85. The first kappa shape index (κ1) is 16.7. The second-order valence-electron chi connectivity index (χ2n) is 6.64. The second kappa shape index (κ2) is 7.25. The van der Waals surface area contributed by atoms with Crippen LogP contribution in [0.3, 0.4) is 0 Å². The molecule has 7 heteroatoms. The first-order valence-electron chi connectivity index (χ1n) is 8.74. The number of carbonyl (C=O) groups is 1. The first-order chi connectivity index (χ1) is 12.2. The lowest BCUT2D eigenvalue weighted by Gasteiger charge is -2.11. The number of anilines is 1. The molecule has 2 heterocycles. The van der Waals surface area contributed by atoms with Gasteiger partial charge in [0, 0.05) is 23.4 Å². The van der Waals surface area contributed by atoms with Crippen LogP contribution in [0.5, 0.6) is 0 Å². The van der Waals surface area contributed by atoms with Crippen LogP contribution < -0.4 is 5.32 Å². The van der Waals surface area contributed by atoms with Gasteiger partial charge in [-0.05, 0) is 50.3 Å². The summed E-state index contributed by atoms with van der Waals surface area (Å²) in [6, 6.07) is 5.63. The molecule has 0 unspecified atom stereocenters. The van der Waals surface area contributed by atoms with E-state index >= 15 is 0 Å². The first-order valence-corrected chi connectivity index (χ1v) is 9.53. The normalized spacial score (nSPS) is 20.0. The van der Waals surface area contributed by atoms with E-state index in [-0.39, 0.29) is 12.0 Å². The Balaban J connectivity index is 1.47. The number of nitrogens with one attached hydrogen (secondary N) is 1. The smallest absolute Gasteiger partial charge is 0.260 e. The van der Waals surface area contributed by atoms with Gasteiger partial charge in [-0.25, -0.2) is 0 Å². The van der Waals surface area contributed by atoms with Crippen molar-refractivity contribution in [3.05, 3.63) is 28.5 Å². The Bertz CT molecular complexity index is 767. The molecule has 1 aromatic heterocycles. The molecule has 0 spiro atoms. The Morgan fingerprint density at radius 3 is 2.96 bits per heavy atom. The fraction of sp³-hybridized carbons (Fsp3) is 0.500. The van der Waals surface area contributed by atoms with Crippen molar-refractivity contribution in [1.82, 2.24) is 10.1 Å². The summed E-state index contributed by atoms with van der Waals surface area (Å²) in [7, 11) is 0. The fourth-order valence-electron chi connectivity index (χ4n) is 3.03. The second-order valence-corrected chi connectivity index (χ2v) is 7.56. The largest absolute Gasteiger partial charge is 0.378 e. The maximum atomic E-state index is 12.3. The van der Waals surface area contributed by atoms with Gasteiger partial charge in [0.25, 0.3) is 5.89 Å². The van der Waals surface area contributed by atoms with Gasteiger partial charge in [-0.15, -0.1) is 0 Å². The van der Waals surface area contributed by atoms with E-state index in [9.17, 15) is 4.79 Å². The van der Waals surface area contributed by atoms with Crippen LogP contribution >= 0.6 is 15.9 Å². The highest BCUT2D eigenvalue weighted by atomic mass is 79.9. The van der Waals surface area contributed by atoms with Gasteiger partial charge in [0.05, 0.1) is 17.4 Å². The lowest BCUT2D eigenvalue weighted by atomic mass is 10.1. The monoisotopic (exact) mass is 405 g/mol. The van der Waals surface area contributed by atoms with E-state index in [1.165, 1.54) is 0 Å². The Morgan fingerprint density at radius 1 is 1.32 bits per heavy atom. The lowest BCUT2D eigenvalue weighted by Crippen LogP contribution is -2.15. The summed E-state index contributed by atoms with van der Waals surface area (Å²) in [5.41, 5.74) is 1.42. The molecule has 25 heavy (non-hydrogen) atoms. The Labute approximate surface area is 154 Å². The molecule has 0 bridgehead atoms. The molecule has 0 radical (unpaired) electrons. The van der Waals surface area contributed by atoms with Gasteiger partial charge in [-0.2, -0.15) is 4.98 Å². The van der Waals surface area contributed by atoms with E-state index in [0.717, 1.165) is 54.6 Å². The third-order valence-electron chi connectivity index (χ3n) is 4.59. The van der Waals surface area contributed by atoms with Crippen molar-refractivity contribution in [3.8, 4) is 11.5 Å². The van der Waals surface area contributed by atoms with Crippen molar-refractivity contribution < 1.29 is 14.1 Å². The zero-order valence-electron chi connectivity index (χ0n) is 13.8. The number of nitrogens with zero attached hydrogens (tertiary/aromatic N) is 2. The molecule has 6 nitrogen and oxygen atoms in total. The van der Waals surface area contributed by atoms with Crippen LogP contribution in [-0.2, 0) is 9.53 Å². The molecule has 1 aliphatic carbocycles. The highest BCUT2D eigenvalue weighted by molar-refractivity contribution is 9.10. The van der Waals surface area contributed by atoms with Crippen LogP contribution in [0.25, 0.3) is 11.5 Å². The summed E-state index contributed by atoms with van der Waals surface area (Å²) in [5, 5.41) is 7.03. The number of hydrogen-bond donors (Lipinski definition) is 1. The third-order valence-corrected chi connectivity index (χ3v) is 5.08. The average Bonchev–Trinajstić information content (AvgIpc) is 3.12. The van der Waals surface area contributed by atoms with Crippen molar-refractivity contribution in [3.63, 3.8) is 0 Å². The van der Waals surface area contributed by atoms with Gasteiger partial charge in [-0.3, -0.25) is 4.79 Å². The minimum absolute atomic E-state index is 0.0268. The number of benzene rings is 1. The summed E-state index contributed by atoms with van der Waals surface area (Å²) in [5.74, 6) is 1.60. The van der Waals surface area contributed by atoms with Crippen LogP contribution in [-0.4, -0.2) is 28.8 Å². The minimum atomic E-state index is -0.0268. The van der Waals surface area contributed by atoms with Gasteiger partial charge >= 0.3 is 0 Å². The molecule has 1 aliphatic heterocycles. The van der Waals surface area contributed by atoms with E-state index < -0.39 is 0 Å². The van der Waals surface area contributed by atoms with E-state index in [2.05, 4.69) is 31.4 Å². The molecule has 2 aliphatic rings. The summed E-state index contributed by atoms with van der Waals surface area (Å²) >= 11 is 3.46. The summed E-state index contributed by atoms with van der Waals surface area (Å²) in [4.78, 5) is 16.8. The third kappa shape index (κ3) is 4.10. The summed E-state index contributed by atoms with van der Waals surface area (Å²) < 4.78 is 11.9. The number of ether oxygens (including phenoxy) is 1. The van der Waals surface area contributed by atoms with Gasteiger partial charge in [-0.1, -0.05) is 21.1 Å². The van der Waals surface area contributed by atoms with E-state index in [4.69, 9.17) is 9.26 Å². The molecule has 1 atom stereocenters. The average molecular weight is 406 g/mol. The summed E-state index contributed by atoms with van der Waals surface area (Å²) in [6.45, 7) is 0.809. The van der Waals surface area contributed by atoms with Crippen molar-refractivity contribution in [2.75, 3.05) is 11.9 Å². The Hall–Kier alpha value is -1.73. The minimum Gasteiger partial charge on any atom is -0.378 e. The number of amides is 1. The maximum Gasteiger partial charge on any atom is 0.260 e. The standard InChI is InChI=1S/C18H20BrN3O3/c19-12-5-7-15(20-16(23)8-6-13-2-1-9-24-13)14(10-12)18-21-17(22-25-18)11-3-4-11/h5,7,10-11,13H,1-4,6,8-9H2,(H,20,23)/t13-/m0/s1. The molecule has 2 fully saturated rings. The zero-order chi connectivity index (χ0) is 17.2. The molecule has 1 saturated carbocycles. The van der Waals surface area contributed by atoms with Gasteiger partial charge in [0.2, 0.25) is 5.91 Å². The summed E-state index contributed by atoms with van der Waals surface area (Å²) in [6.07, 6.45) is 5.77. The molecule has 1 N–H and O–H groups in total. The predicted molar refractivity (Wildman–Crippen MR) is 96.2 cm³/mol. The molecule has 1 aromatic carbocycles. The van der Waals surface area contributed by atoms with Gasteiger partial charge in [0.15, 0.2) is 5.82 Å². The van der Waals surface area contributed by atoms with Crippen LogP contribution in [0, 0.1) is 0 Å². The highest BCUT2D eigenvalue weighted by Gasteiger charge is 2.29.